The normalized spacial score (nSPS) is 16.2. The maximum atomic E-state index is 11.7. The summed E-state index contributed by atoms with van der Waals surface area (Å²) in [6.45, 7) is 13.3. The standard InChI is InChI=1S/C12H26N2O3/c1-8(17-13)9(11(2,3)4)14-10(15)16-12(5,6)7/h8-9H,13H2,1-7H3,(H,14,15). The van der Waals surface area contributed by atoms with Crippen molar-refractivity contribution in [2.45, 2.75) is 66.2 Å². The fourth-order valence-electron chi connectivity index (χ4n) is 1.55. The van der Waals surface area contributed by atoms with Gasteiger partial charge in [0.15, 0.2) is 0 Å². The number of ether oxygens (including phenoxy) is 1. The average Bonchev–Trinajstić information content (AvgIpc) is 2.08. The Morgan fingerprint density at radius 3 is 1.94 bits per heavy atom. The molecule has 0 saturated heterocycles. The van der Waals surface area contributed by atoms with Gasteiger partial charge in [-0.1, -0.05) is 20.8 Å². The monoisotopic (exact) mass is 246 g/mol. The molecule has 2 atom stereocenters. The number of nitrogens with one attached hydrogen (secondary N) is 1. The maximum absolute atomic E-state index is 11.7. The molecule has 0 aliphatic heterocycles. The van der Waals surface area contributed by atoms with Crippen molar-refractivity contribution in [3.8, 4) is 0 Å². The van der Waals surface area contributed by atoms with Crippen LogP contribution in [0.25, 0.3) is 0 Å². The molecule has 0 saturated carbocycles. The smallest absolute Gasteiger partial charge is 0.407 e. The molecule has 0 rings (SSSR count). The largest absolute Gasteiger partial charge is 0.444 e. The number of hydrogen-bond donors (Lipinski definition) is 2. The summed E-state index contributed by atoms with van der Waals surface area (Å²) in [5.74, 6) is 5.18. The molecule has 2 unspecified atom stereocenters. The third-order valence-corrected chi connectivity index (χ3v) is 2.29. The van der Waals surface area contributed by atoms with E-state index in [1.54, 1.807) is 0 Å². The summed E-state index contributed by atoms with van der Waals surface area (Å²) in [6, 6.07) is -0.220. The van der Waals surface area contributed by atoms with Crippen molar-refractivity contribution >= 4 is 6.09 Å². The molecule has 0 aliphatic carbocycles. The minimum atomic E-state index is -0.515. The van der Waals surface area contributed by atoms with E-state index in [1.807, 2.05) is 48.5 Å². The zero-order chi connectivity index (χ0) is 13.9. The molecule has 0 heterocycles. The molecule has 1 amide bonds. The second-order valence-electron chi connectivity index (χ2n) is 6.33. The fourth-order valence-corrected chi connectivity index (χ4v) is 1.55. The zero-order valence-corrected chi connectivity index (χ0v) is 12.0. The highest BCUT2D eigenvalue weighted by Gasteiger charge is 2.33. The quantitative estimate of drug-likeness (QED) is 0.749. The van der Waals surface area contributed by atoms with Gasteiger partial charge in [0, 0.05) is 0 Å². The van der Waals surface area contributed by atoms with Gasteiger partial charge in [0.05, 0.1) is 12.1 Å². The first-order valence-electron chi connectivity index (χ1n) is 5.82. The van der Waals surface area contributed by atoms with Crippen LogP contribution in [0.3, 0.4) is 0 Å². The molecule has 17 heavy (non-hydrogen) atoms. The van der Waals surface area contributed by atoms with Crippen molar-refractivity contribution in [3.63, 3.8) is 0 Å². The predicted molar refractivity (Wildman–Crippen MR) is 67.3 cm³/mol. The summed E-state index contributed by atoms with van der Waals surface area (Å²) in [5, 5.41) is 2.80. The zero-order valence-electron chi connectivity index (χ0n) is 12.0. The average molecular weight is 246 g/mol. The first-order chi connectivity index (χ1) is 7.47. The molecule has 0 bridgehead atoms. The van der Waals surface area contributed by atoms with Crippen LogP contribution in [-0.2, 0) is 9.57 Å². The Morgan fingerprint density at radius 1 is 1.18 bits per heavy atom. The summed E-state index contributed by atoms with van der Waals surface area (Å²) in [4.78, 5) is 16.5. The second kappa shape index (κ2) is 5.69. The molecule has 0 aromatic heterocycles. The van der Waals surface area contributed by atoms with Crippen LogP contribution in [0.5, 0.6) is 0 Å². The Hall–Kier alpha value is -0.810. The van der Waals surface area contributed by atoms with Gasteiger partial charge in [0.1, 0.15) is 5.60 Å². The molecule has 5 heteroatoms. The van der Waals surface area contributed by atoms with Gasteiger partial charge in [-0.3, -0.25) is 4.84 Å². The number of hydrogen-bond acceptors (Lipinski definition) is 4. The van der Waals surface area contributed by atoms with Crippen LogP contribution in [0.4, 0.5) is 4.79 Å². The molecular formula is C12H26N2O3. The van der Waals surface area contributed by atoms with E-state index in [-0.39, 0.29) is 17.6 Å². The second-order valence-corrected chi connectivity index (χ2v) is 6.33. The summed E-state index contributed by atoms with van der Waals surface area (Å²) in [7, 11) is 0. The summed E-state index contributed by atoms with van der Waals surface area (Å²) in [5.41, 5.74) is -0.685. The van der Waals surface area contributed by atoms with E-state index in [4.69, 9.17) is 15.5 Å². The Morgan fingerprint density at radius 2 is 1.65 bits per heavy atom. The highest BCUT2D eigenvalue weighted by Crippen LogP contribution is 2.23. The highest BCUT2D eigenvalue weighted by atomic mass is 16.6. The number of carbonyl (C=O) groups excluding carboxylic acids is 1. The molecule has 0 spiro atoms. The van der Waals surface area contributed by atoms with Gasteiger partial charge in [-0.05, 0) is 33.1 Å². The lowest BCUT2D eigenvalue weighted by molar-refractivity contribution is -0.00340. The van der Waals surface area contributed by atoms with Gasteiger partial charge in [0.25, 0.3) is 0 Å². The van der Waals surface area contributed by atoms with Crippen molar-refractivity contribution in [2.75, 3.05) is 0 Å². The fraction of sp³-hybridized carbons (Fsp3) is 0.917. The van der Waals surface area contributed by atoms with Gasteiger partial charge < -0.3 is 10.1 Å². The summed E-state index contributed by atoms with van der Waals surface area (Å²) in [6.07, 6.45) is -0.746. The molecule has 0 radical (unpaired) electrons. The van der Waals surface area contributed by atoms with E-state index in [0.29, 0.717) is 0 Å². The lowest BCUT2D eigenvalue weighted by Gasteiger charge is -2.35. The Bertz CT molecular complexity index is 253. The van der Waals surface area contributed by atoms with Crippen molar-refractivity contribution in [2.24, 2.45) is 11.3 Å². The van der Waals surface area contributed by atoms with E-state index < -0.39 is 11.7 Å². The van der Waals surface area contributed by atoms with Crippen LogP contribution < -0.4 is 11.2 Å². The summed E-state index contributed by atoms with van der Waals surface area (Å²) < 4.78 is 5.21. The summed E-state index contributed by atoms with van der Waals surface area (Å²) >= 11 is 0. The van der Waals surface area contributed by atoms with E-state index in [2.05, 4.69) is 5.32 Å². The van der Waals surface area contributed by atoms with Gasteiger partial charge >= 0.3 is 6.09 Å². The van der Waals surface area contributed by atoms with Crippen LogP contribution in [-0.4, -0.2) is 23.8 Å². The molecule has 3 N–H and O–H groups in total. The lowest BCUT2D eigenvalue weighted by atomic mass is 9.84. The van der Waals surface area contributed by atoms with E-state index in [9.17, 15) is 4.79 Å². The molecule has 0 aromatic rings. The van der Waals surface area contributed by atoms with E-state index in [0.717, 1.165) is 0 Å². The topological polar surface area (TPSA) is 73.6 Å². The minimum Gasteiger partial charge on any atom is -0.444 e. The molecule has 0 aliphatic rings. The Labute approximate surface area is 104 Å². The van der Waals surface area contributed by atoms with Crippen molar-refractivity contribution < 1.29 is 14.4 Å². The number of alkyl carbamates (subject to hydrolysis) is 1. The van der Waals surface area contributed by atoms with Gasteiger partial charge in [-0.2, -0.15) is 0 Å². The van der Waals surface area contributed by atoms with Crippen LogP contribution in [0.1, 0.15) is 48.5 Å². The third-order valence-electron chi connectivity index (χ3n) is 2.29. The van der Waals surface area contributed by atoms with E-state index in [1.165, 1.54) is 0 Å². The number of rotatable bonds is 3. The molecule has 0 aromatic carbocycles. The lowest BCUT2D eigenvalue weighted by Crippen LogP contribution is -2.52. The van der Waals surface area contributed by atoms with Gasteiger partial charge in [-0.25, -0.2) is 10.7 Å². The number of amides is 1. The first kappa shape index (κ1) is 16.2. The van der Waals surface area contributed by atoms with Crippen molar-refractivity contribution in [1.29, 1.82) is 0 Å². The molecule has 0 fully saturated rings. The number of carbonyl (C=O) groups is 1. The Kier molecular flexibility index (Phi) is 5.42. The first-order valence-corrected chi connectivity index (χ1v) is 5.82. The van der Waals surface area contributed by atoms with Crippen LogP contribution in [0.15, 0.2) is 0 Å². The SMILES string of the molecule is CC(ON)C(NC(=O)OC(C)(C)C)C(C)(C)C. The molecular weight excluding hydrogens is 220 g/mol. The molecule has 5 nitrogen and oxygen atoms in total. The van der Waals surface area contributed by atoms with Gasteiger partial charge in [0.2, 0.25) is 0 Å². The van der Waals surface area contributed by atoms with E-state index >= 15 is 0 Å². The predicted octanol–water partition coefficient (Wildman–Crippen LogP) is 2.20. The molecule has 102 valence electrons. The third kappa shape index (κ3) is 6.48. The van der Waals surface area contributed by atoms with Crippen LogP contribution >= 0.6 is 0 Å². The van der Waals surface area contributed by atoms with Crippen LogP contribution in [0.2, 0.25) is 0 Å². The maximum Gasteiger partial charge on any atom is 0.407 e. The number of nitrogens with two attached hydrogens (primary N) is 1. The van der Waals surface area contributed by atoms with Crippen molar-refractivity contribution in [3.05, 3.63) is 0 Å². The van der Waals surface area contributed by atoms with Gasteiger partial charge in [-0.15, -0.1) is 0 Å². The van der Waals surface area contributed by atoms with Crippen LogP contribution in [0, 0.1) is 5.41 Å². The highest BCUT2D eigenvalue weighted by molar-refractivity contribution is 5.68. The Balaban J connectivity index is 4.61. The minimum absolute atomic E-state index is 0.171. The van der Waals surface area contributed by atoms with Crippen molar-refractivity contribution in [1.82, 2.24) is 5.32 Å².